The average Bonchev–Trinajstić information content (AvgIpc) is 3.38. The van der Waals surface area contributed by atoms with E-state index in [0.717, 1.165) is 29.8 Å². The van der Waals surface area contributed by atoms with Gasteiger partial charge in [0.05, 0.1) is 10.8 Å². The molecule has 146 valence electrons. The van der Waals surface area contributed by atoms with Crippen LogP contribution in [0.3, 0.4) is 0 Å². The molecule has 3 heterocycles. The second-order valence-electron chi connectivity index (χ2n) is 8.35. The van der Waals surface area contributed by atoms with E-state index in [1.165, 1.54) is 5.56 Å². The van der Waals surface area contributed by atoms with Gasteiger partial charge in [-0.1, -0.05) is 44.1 Å². The lowest BCUT2D eigenvalue weighted by molar-refractivity contribution is 0.0695. The normalized spacial score (nSPS) is 17.7. The molecule has 1 amide bonds. The Hall–Kier alpha value is -2.47. The van der Waals surface area contributed by atoms with Crippen molar-refractivity contribution < 1.29 is 9.32 Å². The second-order valence-corrected chi connectivity index (χ2v) is 9.30. The van der Waals surface area contributed by atoms with Gasteiger partial charge in [-0.3, -0.25) is 4.79 Å². The number of thiophene rings is 1. The number of carbonyl (C=O) groups is 1. The third kappa shape index (κ3) is 3.87. The SMILES string of the molecule is CC(C)(C)c1ccc(C(=O)N2CCC[C@@H](c3nc(-c4cccs4)no3)C2)cc1. The second kappa shape index (κ2) is 7.51. The van der Waals surface area contributed by atoms with Crippen molar-refractivity contribution in [3.8, 4) is 10.7 Å². The first kappa shape index (κ1) is 18.9. The molecule has 1 aliphatic rings. The van der Waals surface area contributed by atoms with Gasteiger partial charge in [-0.05, 0) is 47.4 Å². The molecule has 3 aromatic rings. The van der Waals surface area contributed by atoms with Crippen LogP contribution >= 0.6 is 11.3 Å². The fourth-order valence-electron chi connectivity index (χ4n) is 3.57. The Bertz CT molecular complexity index is 939. The highest BCUT2D eigenvalue weighted by Gasteiger charge is 2.29. The lowest BCUT2D eigenvalue weighted by Crippen LogP contribution is -2.39. The lowest BCUT2D eigenvalue weighted by atomic mass is 9.86. The molecule has 1 aromatic carbocycles. The number of likely N-dealkylation sites (tertiary alicyclic amines) is 1. The predicted molar refractivity (Wildman–Crippen MR) is 111 cm³/mol. The molecule has 1 aliphatic heterocycles. The zero-order valence-electron chi connectivity index (χ0n) is 16.5. The Balaban J connectivity index is 1.47. The topological polar surface area (TPSA) is 59.2 Å². The monoisotopic (exact) mass is 395 g/mol. The summed E-state index contributed by atoms with van der Waals surface area (Å²) in [5.74, 6) is 1.42. The van der Waals surface area contributed by atoms with Crippen molar-refractivity contribution in [1.29, 1.82) is 0 Å². The van der Waals surface area contributed by atoms with Crippen molar-refractivity contribution >= 4 is 17.2 Å². The lowest BCUT2D eigenvalue weighted by Gasteiger charge is -2.31. The first-order valence-corrected chi connectivity index (χ1v) is 10.6. The van der Waals surface area contributed by atoms with Crippen LogP contribution in [0.25, 0.3) is 10.7 Å². The van der Waals surface area contributed by atoms with Crippen molar-refractivity contribution in [2.75, 3.05) is 13.1 Å². The van der Waals surface area contributed by atoms with E-state index >= 15 is 0 Å². The van der Waals surface area contributed by atoms with Crippen LogP contribution in [0.5, 0.6) is 0 Å². The van der Waals surface area contributed by atoms with E-state index in [2.05, 4.69) is 43.0 Å². The minimum Gasteiger partial charge on any atom is -0.339 e. The average molecular weight is 396 g/mol. The standard InChI is InChI=1S/C22H25N3O2S/c1-22(2,3)17-10-8-15(9-11-17)21(26)25-12-4-6-16(14-25)20-23-19(24-27-20)18-7-5-13-28-18/h5,7-11,13,16H,4,6,12,14H2,1-3H3/t16-/m1/s1. The zero-order valence-corrected chi connectivity index (χ0v) is 17.3. The minimum absolute atomic E-state index is 0.0724. The van der Waals surface area contributed by atoms with Crippen molar-refractivity contribution in [3.05, 3.63) is 58.8 Å². The van der Waals surface area contributed by atoms with Gasteiger partial charge in [0.15, 0.2) is 0 Å². The van der Waals surface area contributed by atoms with E-state index in [4.69, 9.17) is 4.52 Å². The first-order valence-electron chi connectivity index (χ1n) is 9.69. The Morgan fingerprint density at radius 3 is 2.68 bits per heavy atom. The molecular formula is C22H25N3O2S. The van der Waals surface area contributed by atoms with Crippen LogP contribution in [0.4, 0.5) is 0 Å². The van der Waals surface area contributed by atoms with Gasteiger partial charge in [-0.2, -0.15) is 4.98 Å². The molecule has 1 atom stereocenters. The Labute approximate surface area is 169 Å². The van der Waals surface area contributed by atoms with Crippen LogP contribution < -0.4 is 0 Å². The molecule has 0 radical (unpaired) electrons. The molecule has 28 heavy (non-hydrogen) atoms. The van der Waals surface area contributed by atoms with Gasteiger partial charge in [0.1, 0.15) is 0 Å². The van der Waals surface area contributed by atoms with Crippen LogP contribution in [0.2, 0.25) is 0 Å². The summed E-state index contributed by atoms with van der Waals surface area (Å²) in [6, 6.07) is 11.9. The Morgan fingerprint density at radius 1 is 1.21 bits per heavy atom. The van der Waals surface area contributed by atoms with E-state index in [-0.39, 0.29) is 17.2 Å². The van der Waals surface area contributed by atoms with Gasteiger partial charge >= 0.3 is 0 Å². The van der Waals surface area contributed by atoms with Crippen LogP contribution in [0.15, 0.2) is 46.3 Å². The van der Waals surface area contributed by atoms with E-state index in [1.807, 2.05) is 34.5 Å². The number of hydrogen-bond donors (Lipinski definition) is 0. The van der Waals surface area contributed by atoms with Crippen molar-refractivity contribution in [2.45, 2.75) is 44.9 Å². The highest BCUT2D eigenvalue weighted by molar-refractivity contribution is 7.13. The summed E-state index contributed by atoms with van der Waals surface area (Å²) in [5.41, 5.74) is 2.04. The van der Waals surface area contributed by atoms with Crippen molar-refractivity contribution in [1.82, 2.24) is 15.0 Å². The molecule has 1 saturated heterocycles. The summed E-state index contributed by atoms with van der Waals surface area (Å²) in [7, 11) is 0. The van der Waals surface area contributed by atoms with Gasteiger partial charge in [0.25, 0.3) is 5.91 Å². The molecule has 6 heteroatoms. The third-order valence-electron chi connectivity index (χ3n) is 5.24. The number of amides is 1. The summed E-state index contributed by atoms with van der Waals surface area (Å²) in [6.45, 7) is 7.91. The number of nitrogens with zero attached hydrogens (tertiary/aromatic N) is 3. The molecule has 5 nitrogen and oxygen atoms in total. The Morgan fingerprint density at radius 2 is 2.00 bits per heavy atom. The highest BCUT2D eigenvalue weighted by atomic mass is 32.1. The molecule has 0 bridgehead atoms. The summed E-state index contributed by atoms with van der Waals surface area (Å²) in [4.78, 5) is 20.5. The smallest absolute Gasteiger partial charge is 0.253 e. The molecule has 0 unspecified atom stereocenters. The van der Waals surface area contributed by atoms with E-state index in [9.17, 15) is 4.79 Å². The molecular weight excluding hydrogens is 370 g/mol. The molecule has 1 fully saturated rings. The largest absolute Gasteiger partial charge is 0.339 e. The first-order chi connectivity index (χ1) is 13.4. The van der Waals surface area contributed by atoms with Gasteiger partial charge in [0.2, 0.25) is 11.7 Å². The van der Waals surface area contributed by atoms with E-state index in [1.54, 1.807) is 11.3 Å². The molecule has 0 spiro atoms. The predicted octanol–water partition coefficient (Wildman–Crippen LogP) is 5.12. The van der Waals surface area contributed by atoms with Gasteiger partial charge < -0.3 is 9.42 Å². The molecule has 4 rings (SSSR count). The number of carbonyl (C=O) groups excluding carboxylic acids is 1. The maximum absolute atomic E-state index is 13.0. The highest BCUT2D eigenvalue weighted by Crippen LogP contribution is 2.30. The summed E-state index contributed by atoms with van der Waals surface area (Å²) >= 11 is 1.59. The van der Waals surface area contributed by atoms with E-state index in [0.29, 0.717) is 18.3 Å². The van der Waals surface area contributed by atoms with Crippen LogP contribution in [-0.4, -0.2) is 34.0 Å². The fraction of sp³-hybridized carbons (Fsp3) is 0.409. The summed E-state index contributed by atoms with van der Waals surface area (Å²) in [6.07, 6.45) is 1.89. The third-order valence-corrected chi connectivity index (χ3v) is 6.10. The maximum Gasteiger partial charge on any atom is 0.253 e. The molecule has 0 saturated carbocycles. The number of hydrogen-bond acceptors (Lipinski definition) is 5. The summed E-state index contributed by atoms with van der Waals surface area (Å²) < 4.78 is 5.52. The molecule has 2 aromatic heterocycles. The Kier molecular flexibility index (Phi) is 5.06. The number of benzene rings is 1. The van der Waals surface area contributed by atoms with Crippen molar-refractivity contribution in [2.24, 2.45) is 0 Å². The van der Waals surface area contributed by atoms with Crippen LogP contribution in [0, 0.1) is 0 Å². The van der Waals surface area contributed by atoms with E-state index < -0.39 is 0 Å². The van der Waals surface area contributed by atoms with Crippen molar-refractivity contribution in [3.63, 3.8) is 0 Å². The van der Waals surface area contributed by atoms with Gasteiger partial charge in [-0.25, -0.2) is 0 Å². The van der Waals surface area contributed by atoms with Crippen LogP contribution in [-0.2, 0) is 5.41 Å². The number of aromatic nitrogens is 2. The fourth-order valence-corrected chi connectivity index (χ4v) is 4.21. The van der Waals surface area contributed by atoms with Crippen LogP contribution in [0.1, 0.15) is 61.3 Å². The molecule has 0 aliphatic carbocycles. The summed E-state index contributed by atoms with van der Waals surface area (Å²) in [5, 5.41) is 6.11. The van der Waals surface area contributed by atoms with Gasteiger partial charge in [-0.15, -0.1) is 11.3 Å². The minimum atomic E-state index is 0.0724. The number of rotatable bonds is 3. The van der Waals surface area contributed by atoms with Gasteiger partial charge in [0, 0.05) is 18.7 Å². The number of piperidine rings is 1. The zero-order chi connectivity index (χ0) is 19.7. The quantitative estimate of drug-likeness (QED) is 0.618. The molecule has 0 N–H and O–H groups in total. The maximum atomic E-state index is 13.0.